The molecule has 5 heteroatoms. The van der Waals surface area contributed by atoms with Crippen LogP contribution in [0.25, 0.3) is 5.69 Å². The van der Waals surface area contributed by atoms with Gasteiger partial charge in [-0.15, -0.1) is 0 Å². The monoisotopic (exact) mass is 284 g/mol. The highest BCUT2D eigenvalue weighted by molar-refractivity contribution is 5.94. The number of nitrogens with zero attached hydrogens (tertiary/aromatic N) is 2. The topological polar surface area (TPSA) is 72.9 Å². The number of aromatic nitrogens is 2. The van der Waals surface area contributed by atoms with Crippen molar-refractivity contribution >= 4 is 17.4 Å². The summed E-state index contributed by atoms with van der Waals surface area (Å²) in [5.74, 6) is 0.698. The zero-order valence-corrected chi connectivity index (χ0v) is 12.6. The Labute approximate surface area is 124 Å². The molecule has 0 atom stereocenters. The van der Waals surface area contributed by atoms with E-state index in [9.17, 15) is 4.79 Å². The molecule has 2 heterocycles. The van der Waals surface area contributed by atoms with Crippen LogP contribution in [-0.4, -0.2) is 15.7 Å². The van der Waals surface area contributed by atoms with Crippen molar-refractivity contribution in [1.29, 1.82) is 0 Å². The molecule has 1 amide bonds. The number of nitrogens with one attached hydrogen (secondary N) is 1. The Morgan fingerprint density at radius 1 is 1.24 bits per heavy atom. The van der Waals surface area contributed by atoms with Gasteiger partial charge in [0.05, 0.1) is 11.4 Å². The van der Waals surface area contributed by atoms with Crippen molar-refractivity contribution in [3.05, 3.63) is 35.5 Å². The number of nitrogens with two attached hydrogens (primary N) is 1. The van der Waals surface area contributed by atoms with Gasteiger partial charge >= 0.3 is 0 Å². The molecule has 0 radical (unpaired) electrons. The molecule has 0 bridgehead atoms. The molecule has 0 aliphatic carbocycles. The van der Waals surface area contributed by atoms with Gasteiger partial charge in [-0.25, -0.2) is 4.68 Å². The maximum absolute atomic E-state index is 11.4. The first-order chi connectivity index (χ1) is 9.84. The Bertz CT molecular complexity index is 710. The van der Waals surface area contributed by atoms with Gasteiger partial charge in [0.2, 0.25) is 5.91 Å². The van der Waals surface area contributed by atoms with Gasteiger partial charge in [-0.3, -0.25) is 4.79 Å². The Hall–Kier alpha value is -2.30. The van der Waals surface area contributed by atoms with E-state index in [1.165, 1.54) is 0 Å². The van der Waals surface area contributed by atoms with E-state index in [4.69, 9.17) is 5.73 Å². The maximum Gasteiger partial charge on any atom is 0.224 e. The van der Waals surface area contributed by atoms with Crippen molar-refractivity contribution in [1.82, 2.24) is 9.78 Å². The van der Waals surface area contributed by atoms with Crippen LogP contribution in [0.1, 0.15) is 38.4 Å². The lowest BCUT2D eigenvalue weighted by atomic mass is 9.92. The van der Waals surface area contributed by atoms with E-state index >= 15 is 0 Å². The van der Waals surface area contributed by atoms with Crippen molar-refractivity contribution in [3.63, 3.8) is 0 Å². The van der Waals surface area contributed by atoms with E-state index < -0.39 is 0 Å². The number of carbonyl (C=O) groups excluding carboxylic acids is 1. The lowest BCUT2D eigenvalue weighted by Gasteiger charge is -2.18. The van der Waals surface area contributed by atoms with Crippen LogP contribution in [-0.2, 0) is 16.6 Å². The molecule has 5 nitrogen and oxygen atoms in total. The highest BCUT2D eigenvalue weighted by Gasteiger charge is 2.20. The number of hydrogen-bond acceptors (Lipinski definition) is 3. The number of carbonyl (C=O) groups is 1. The van der Waals surface area contributed by atoms with Gasteiger partial charge in [-0.1, -0.05) is 20.8 Å². The molecule has 1 aromatic carbocycles. The summed E-state index contributed by atoms with van der Waals surface area (Å²) < 4.78 is 1.76. The van der Waals surface area contributed by atoms with Gasteiger partial charge in [0.25, 0.3) is 0 Å². The smallest absolute Gasteiger partial charge is 0.224 e. The fraction of sp³-hybridized carbons (Fsp3) is 0.375. The van der Waals surface area contributed by atoms with Crippen LogP contribution in [0.2, 0.25) is 0 Å². The molecule has 0 fully saturated rings. The third kappa shape index (κ3) is 2.51. The van der Waals surface area contributed by atoms with E-state index in [1.54, 1.807) is 4.68 Å². The fourth-order valence-electron chi connectivity index (χ4n) is 2.47. The molecule has 2 aromatic rings. The summed E-state index contributed by atoms with van der Waals surface area (Å²) in [6, 6.07) is 7.81. The number of benzene rings is 1. The molecule has 0 saturated carbocycles. The molecular formula is C16H20N4O. The second kappa shape index (κ2) is 4.62. The van der Waals surface area contributed by atoms with Crippen molar-refractivity contribution in [3.8, 4) is 5.69 Å². The Balaban J connectivity index is 2.02. The van der Waals surface area contributed by atoms with Gasteiger partial charge in [0, 0.05) is 23.6 Å². The lowest BCUT2D eigenvalue weighted by molar-refractivity contribution is -0.116. The summed E-state index contributed by atoms with van der Waals surface area (Å²) in [4.78, 5) is 11.4. The molecular weight excluding hydrogens is 264 g/mol. The average Bonchev–Trinajstić information content (AvgIpc) is 2.80. The van der Waals surface area contributed by atoms with Crippen LogP contribution >= 0.6 is 0 Å². The SMILES string of the molecule is CC(C)(C)c1cc(N)n(-c2ccc3c(c2)CCC(=O)N3)n1. The van der Waals surface area contributed by atoms with Crippen LogP contribution in [0.4, 0.5) is 11.5 Å². The summed E-state index contributed by atoms with van der Waals surface area (Å²) in [6.45, 7) is 6.34. The zero-order chi connectivity index (χ0) is 15.2. The molecule has 0 unspecified atom stereocenters. The third-order valence-electron chi connectivity index (χ3n) is 3.73. The van der Waals surface area contributed by atoms with Crippen LogP contribution in [0.15, 0.2) is 24.3 Å². The number of amides is 1. The molecule has 1 aliphatic heterocycles. The van der Waals surface area contributed by atoms with Gasteiger partial charge in [0.1, 0.15) is 5.82 Å². The third-order valence-corrected chi connectivity index (χ3v) is 3.73. The first-order valence-corrected chi connectivity index (χ1v) is 7.14. The molecule has 0 saturated heterocycles. The van der Waals surface area contributed by atoms with Gasteiger partial charge in [-0.05, 0) is 30.2 Å². The second-order valence-corrected chi connectivity index (χ2v) is 6.51. The van der Waals surface area contributed by atoms with Crippen molar-refractivity contribution in [2.75, 3.05) is 11.1 Å². The van der Waals surface area contributed by atoms with Gasteiger partial charge < -0.3 is 11.1 Å². The van der Waals surface area contributed by atoms with E-state index in [2.05, 4.69) is 31.2 Å². The number of fused-ring (bicyclic) bond motifs is 1. The number of anilines is 2. The van der Waals surface area contributed by atoms with Crippen LogP contribution < -0.4 is 11.1 Å². The van der Waals surface area contributed by atoms with E-state index in [0.717, 1.165) is 29.1 Å². The molecule has 1 aliphatic rings. The zero-order valence-electron chi connectivity index (χ0n) is 12.6. The van der Waals surface area contributed by atoms with E-state index in [1.807, 2.05) is 24.3 Å². The number of nitrogen functional groups attached to an aromatic ring is 1. The largest absolute Gasteiger partial charge is 0.384 e. The Morgan fingerprint density at radius 3 is 2.67 bits per heavy atom. The van der Waals surface area contributed by atoms with Crippen LogP contribution in [0, 0.1) is 0 Å². The summed E-state index contributed by atoms with van der Waals surface area (Å²) in [6.07, 6.45) is 1.28. The van der Waals surface area contributed by atoms with Gasteiger partial charge in [-0.2, -0.15) is 5.10 Å². The number of rotatable bonds is 1. The standard InChI is InChI=1S/C16H20N4O/c1-16(2,3)13-9-14(17)20(19-13)11-5-6-12-10(8-11)4-7-15(21)18-12/h5-6,8-9H,4,7,17H2,1-3H3,(H,18,21). The minimum absolute atomic E-state index is 0.0401. The summed E-state index contributed by atoms with van der Waals surface area (Å²) >= 11 is 0. The van der Waals surface area contributed by atoms with E-state index in [-0.39, 0.29) is 11.3 Å². The minimum atomic E-state index is -0.0401. The predicted molar refractivity (Wildman–Crippen MR) is 83.6 cm³/mol. The number of hydrogen-bond donors (Lipinski definition) is 2. The molecule has 1 aromatic heterocycles. The Kier molecular flexibility index (Phi) is 3.01. The maximum atomic E-state index is 11.4. The normalized spacial score (nSPS) is 14.7. The summed E-state index contributed by atoms with van der Waals surface area (Å²) in [7, 11) is 0. The highest BCUT2D eigenvalue weighted by atomic mass is 16.1. The van der Waals surface area contributed by atoms with Gasteiger partial charge in [0.15, 0.2) is 0 Å². The molecule has 3 N–H and O–H groups in total. The van der Waals surface area contributed by atoms with Crippen LogP contribution in [0.3, 0.4) is 0 Å². The number of aryl methyl sites for hydroxylation is 1. The highest BCUT2D eigenvalue weighted by Crippen LogP contribution is 2.28. The molecule has 0 spiro atoms. The van der Waals surface area contributed by atoms with Crippen molar-refractivity contribution in [2.45, 2.75) is 39.0 Å². The van der Waals surface area contributed by atoms with Crippen molar-refractivity contribution < 1.29 is 4.79 Å². The average molecular weight is 284 g/mol. The minimum Gasteiger partial charge on any atom is -0.384 e. The molecule has 21 heavy (non-hydrogen) atoms. The molecule has 110 valence electrons. The summed E-state index contributed by atoms with van der Waals surface area (Å²) in [5, 5.41) is 7.50. The predicted octanol–water partition coefficient (Wildman–Crippen LogP) is 2.64. The fourth-order valence-corrected chi connectivity index (χ4v) is 2.47. The summed E-state index contributed by atoms with van der Waals surface area (Å²) in [5.41, 5.74) is 9.96. The van der Waals surface area contributed by atoms with Crippen molar-refractivity contribution in [2.24, 2.45) is 0 Å². The lowest BCUT2D eigenvalue weighted by Crippen LogP contribution is -2.19. The Morgan fingerprint density at radius 2 is 2.00 bits per heavy atom. The first kappa shape index (κ1) is 13.7. The quantitative estimate of drug-likeness (QED) is 0.845. The van der Waals surface area contributed by atoms with E-state index in [0.29, 0.717) is 12.2 Å². The second-order valence-electron chi connectivity index (χ2n) is 6.51. The first-order valence-electron chi connectivity index (χ1n) is 7.14. The van der Waals surface area contributed by atoms with Crippen LogP contribution in [0.5, 0.6) is 0 Å². The molecule has 3 rings (SSSR count).